The van der Waals surface area contributed by atoms with Crippen LogP contribution in [0.1, 0.15) is 43.0 Å². The molecule has 0 aliphatic carbocycles. The molecule has 0 spiro atoms. The second-order valence-electron chi connectivity index (χ2n) is 9.32. The van der Waals surface area contributed by atoms with Crippen LogP contribution in [-0.4, -0.2) is 31.4 Å². The smallest absolute Gasteiger partial charge is 0.255 e. The summed E-state index contributed by atoms with van der Waals surface area (Å²) < 4.78 is 27.9. The first-order valence-corrected chi connectivity index (χ1v) is 13.0. The predicted molar refractivity (Wildman–Crippen MR) is 141 cm³/mol. The van der Waals surface area contributed by atoms with Gasteiger partial charge in [0.15, 0.2) is 0 Å². The Morgan fingerprint density at radius 2 is 1.63 bits per heavy atom. The molecule has 0 atom stereocenters. The molecule has 0 bridgehead atoms. The van der Waals surface area contributed by atoms with E-state index in [4.69, 9.17) is 11.6 Å². The van der Waals surface area contributed by atoms with E-state index in [9.17, 15) is 13.2 Å². The number of nitrogens with one attached hydrogen (secondary N) is 1. The van der Waals surface area contributed by atoms with E-state index in [1.54, 1.807) is 0 Å². The number of sulfonamides is 1. The van der Waals surface area contributed by atoms with E-state index in [2.05, 4.69) is 31.3 Å². The lowest BCUT2D eigenvalue weighted by Crippen LogP contribution is -2.39. The quantitative estimate of drug-likeness (QED) is 0.330. The van der Waals surface area contributed by atoms with Crippen LogP contribution >= 0.6 is 11.6 Å². The van der Waals surface area contributed by atoms with Crippen LogP contribution in [0.25, 0.3) is 0 Å². The van der Waals surface area contributed by atoms with E-state index in [-0.39, 0.29) is 23.4 Å². The monoisotopic (exact) mass is 511 g/mol. The summed E-state index contributed by atoms with van der Waals surface area (Å²) in [4.78, 5) is 12.7. The Hall–Kier alpha value is -3.00. The van der Waals surface area contributed by atoms with E-state index >= 15 is 0 Å². The number of hydrogen-bond acceptors (Lipinski definition) is 4. The van der Waals surface area contributed by atoms with Crippen LogP contribution < -0.4 is 5.43 Å². The Kier molecular flexibility index (Phi) is 8.48. The number of rotatable bonds is 8. The van der Waals surface area contributed by atoms with Crippen LogP contribution in [0.3, 0.4) is 0 Å². The first kappa shape index (κ1) is 26.6. The summed E-state index contributed by atoms with van der Waals surface area (Å²) in [6.45, 7) is 7.96. The molecule has 0 saturated carbocycles. The topological polar surface area (TPSA) is 78.8 Å². The molecule has 0 saturated heterocycles. The molecule has 6 nitrogen and oxygen atoms in total. The lowest BCUT2D eigenvalue weighted by atomic mass is 9.87. The van der Waals surface area contributed by atoms with Gasteiger partial charge in [0.1, 0.15) is 0 Å². The van der Waals surface area contributed by atoms with E-state index in [0.29, 0.717) is 5.02 Å². The largest absolute Gasteiger partial charge is 0.272 e. The minimum atomic E-state index is -3.96. The molecular weight excluding hydrogens is 482 g/mol. The third kappa shape index (κ3) is 7.24. The van der Waals surface area contributed by atoms with Crippen molar-refractivity contribution in [2.24, 2.45) is 5.10 Å². The van der Waals surface area contributed by atoms with E-state index in [1.165, 1.54) is 36.0 Å². The summed E-state index contributed by atoms with van der Waals surface area (Å²) >= 11 is 5.93. The van der Waals surface area contributed by atoms with Gasteiger partial charge in [0.2, 0.25) is 10.0 Å². The fourth-order valence-electron chi connectivity index (χ4n) is 3.40. The lowest BCUT2D eigenvalue weighted by Gasteiger charge is -2.22. The summed E-state index contributed by atoms with van der Waals surface area (Å²) in [5, 5.41) is 4.44. The summed E-state index contributed by atoms with van der Waals surface area (Å²) in [6.07, 6.45) is 1.53. The molecule has 1 N–H and O–H groups in total. The van der Waals surface area contributed by atoms with Gasteiger partial charge in [0.05, 0.1) is 17.7 Å². The van der Waals surface area contributed by atoms with Crippen molar-refractivity contribution in [3.8, 4) is 0 Å². The molecule has 0 aliphatic rings. The number of hydrazone groups is 1. The fourth-order valence-corrected chi connectivity index (χ4v) is 4.90. The molecule has 1 amide bonds. The van der Waals surface area contributed by atoms with Gasteiger partial charge in [-0.15, -0.1) is 0 Å². The van der Waals surface area contributed by atoms with Crippen LogP contribution in [-0.2, 0) is 26.8 Å². The second-order valence-corrected chi connectivity index (χ2v) is 11.7. The Labute approximate surface area is 212 Å². The number of amides is 1. The van der Waals surface area contributed by atoms with Crippen molar-refractivity contribution in [3.05, 3.63) is 100 Å². The molecular formula is C27H30ClN3O3S. The van der Waals surface area contributed by atoms with Crippen LogP contribution in [0, 0.1) is 6.92 Å². The van der Waals surface area contributed by atoms with Crippen LogP contribution in [0.4, 0.5) is 0 Å². The van der Waals surface area contributed by atoms with Gasteiger partial charge >= 0.3 is 0 Å². The molecule has 0 fully saturated rings. The molecule has 0 radical (unpaired) electrons. The van der Waals surface area contributed by atoms with Gasteiger partial charge < -0.3 is 0 Å². The average Bonchev–Trinajstić information content (AvgIpc) is 2.80. The number of aryl methyl sites for hydroxylation is 1. The van der Waals surface area contributed by atoms with Gasteiger partial charge in [-0.25, -0.2) is 13.8 Å². The molecule has 0 aliphatic heterocycles. The van der Waals surface area contributed by atoms with Gasteiger partial charge in [-0.3, -0.25) is 4.79 Å². The third-order valence-electron chi connectivity index (χ3n) is 5.56. The highest BCUT2D eigenvalue weighted by Crippen LogP contribution is 2.23. The maximum atomic E-state index is 13.4. The first-order chi connectivity index (χ1) is 16.5. The van der Waals surface area contributed by atoms with Gasteiger partial charge in [0, 0.05) is 11.6 Å². The third-order valence-corrected chi connectivity index (χ3v) is 7.62. The maximum absolute atomic E-state index is 13.4. The number of carbonyl (C=O) groups excluding carboxylic acids is 1. The highest BCUT2D eigenvalue weighted by molar-refractivity contribution is 7.89. The zero-order valence-electron chi connectivity index (χ0n) is 20.3. The molecule has 184 valence electrons. The molecule has 8 heteroatoms. The number of nitrogens with zero attached hydrogens (tertiary/aromatic N) is 2. The normalized spacial score (nSPS) is 12.3. The van der Waals surface area contributed by atoms with Crippen LogP contribution in [0.5, 0.6) is 0 Å². The molecule has 35 heavy (non-hydrogen) atoms. The molecule has 3 aromatic rings. The van der Waals surface area contributed by atoms with E-state index < -0.39 is 15.9 Å². The van der Waals surface area contributed by atoms with Gasteiger partial charge in [-0.1, -0.05) is 80.9 Å². The fraction of sp³-hybridized carbons (Fsp3) is 0.259. The number of halogens is 1. The SMILES string of the molecule is Cc1ccccc1CN(CC(=O)N/N=C\c1ccc(C(C)(C)C)cc1)S(=O)(=O)c1ccc(Cl)cc1. The highest BCUT2D eigenvalue weighted by atomic mass is 35.5. The summed E-state index contributed by atoms with van der Waals surface area (Å²) in [6, 6.07) is 21.2. The minimum absolute atomic E-state index is 0.0417. The molecule has 0 unspecified atom stereocenters. The Balaban J connectivity index is 1.76. The van der Waals surface area contributed by atoms with Gasteiger partial charge in [-0.05, 0) is 58.9 Å². The molecule has 0 heterocycles. The average molecular weight is 512 g/mol. The minimum Gasteiger partial charge on any atom is -0.272 e. The summed E-state index contributed by atoms with van der Waals surface area (Å²) in [7, 11) is -3.96. The van der Waals surface area contributed by atoms with Crippen molar-refractivity contribution >= 4 is 33.7 Å². The Morgan fingerprint density at radius 3 is 2.23 bits per heavy atom. The number of carbonyl (C=O) groups is 1. The molecule has 3 rings (SSSR count). The van der Waals surface area contributed by atoms with Gasteiger partial charge in [-0.2, -0.15) is 9.41 Å². The second kappa shape index (κ2) is 11.2. The summed E-state index contributed by atoms with van der Waals surface area (Å²) in [5.41, 5.74) is 6.24. The van der Waals surface area contributed by atoms with E-state index in [1.807, 2.05) is 55.5 Å². The zero-order chi connectivity index (χ0) is 25.6. The first-order valence-electron chi connectivity index (χ1n) is 11.2. The van der Waals surface area contributed by atoms with Crippen LogP contribution in [0.15, 0.2) is 82.8 Å². The van der Waals surface area contributed by atoms with Crippen molar-refractivity contribution in [1.29, 1.82) is 0 Å². The number of hydrogen-bond donors (Lipinski definition) is 1. The van der Waals surface area contributed by atoms with Crippen molar-refractivity contribution in [2.45, 2.75) is 44.6 Å². The zero-order valence-corrected chi connectivity index (χ0v) is 21.9. The summed E-state index contributed by atoms with van der Waals surface area (Å²) in [5.74, 6) is -0.543. The van der Waals surface area contributed by atoms with Crippen molar-refractivity contribution in [1.82, 2.24) is 9.73 Å². The maximum Gasteiger partial charge on any atom is 0.255 e. The van der Waals surface area contributed by atoms with Gasteiger partial charge in [0.25, 0.3) is 5.91 Å². The molecule has 0 aromatic heterocycles. The van der Waals surface area contributed by atoms with Crippen molar-refractivity contribution in [2.75, 3.05) is 6.54 Å². The Morgan fingerprint density at radius 1 is 1.00 bits per heavy atom. The van der Waals surface area contributed by atoms with E-state index in [0.717, 1.165) is 21.0 Å². The number of benzene rings is 3. The highest BCUT2D eigenvalue weighted by Gasteiger charge is 2.27. The standard InChI is InChI=1S/C27H30ClN3O3S/c1-20-7-5-6-8-22(20)18-31(35(33,34)25-15-13-24(28)14-16-25)19-26(32)30-29-17-21-9-11-23(12-10-21)27(2,3)4/h5-17H,18-19H2,1-4H3,(H,30,32)/b29-17-. The van der Waals surface area contributed by atoms with Crippen molar-refractivity contribution < 1.29 is 13.2 Å². The lowest BCUT2D eigenvalue weighted by molar-refractivity contribution is -0.121. The van der Waals surface area contributed by atoms with Crippen molar-refractivity contribution in [3.63, 3.8) is 0 Å². The van der Waals surface area contributed by atoms with Crippen LogP contribution in [0.2, 0.25) is 5.02 Å². The molecule has 3 aromatic carbocycles. The Bertz CT molecular complexity index is 1300. The predicted octanol–water partition coefficient (Wildman–Crippen LogP) is 5.29.